The lowest BCUT2D eigenvalue weighted by Crippen LogP contribution is -2.05. The number of cyclic esters (lactones) is 2. The summed E-state index contributed by atoms with van der Waals surface area (Å²) in [5.41, 5.74) is 0. The highest BCUT2D eigenvalue weighted by Gasteiger charge is 2.31. The molecule has 1 aliphatic rings. The number of carbonyl (C=O) groups excluding carboxylic acids is 1. The van der Waals surface area contributed by atoms with Gasteiger partial charge in [-0.3, -0.25) is 0 Å². The summed E-state index contributed by atoms with van der Waals surface area (Å²) in [4.78, 5) is 10.2. The predicted molar refractivity (Wildman–Crippen MR) is 43.2 cm³/mol. The van der Waals surface area contributed by atoms with Crippen LogP contribution in [-0.4, -0.2) is 14.4 Å². The Labute approximate surface area is 73.4 Å². The molecule has 0 N–H and O–H groups in total. The van der Waals surface area contributed by atoms with Gasteiger partial charge < -0.3 is 9.47 Å². The molecule has 2 unspecified atom stereocenters. The van der Waals surface area contributed by atoms with Crippen LogP contribution in [0.15, 0.2) is 0 Å². The summed E-state index contributed by atoms with van der Waals surface area (Å²) in [5, 5.41) is 0. The molecule has 3 nitrogen and oxygen atoms in total. The Bertz CT molecular complexity index is 103. The first-order valence-electron chi connectivity index (χ1n) is 1.85. The van der Waals surface area contributed by atoms with Crippen molar-refractivity contribution in [3.05, 3.63) is 0 Å². The Morgan fingerprint density at radius 1 is 1.25 bits per heavy atom. The molecule has 0 aromatic carbocycles. The molecule has 1 aliphatic heterocycles. The highest BCUT2D eigenvalue weighted by Crippen LogP contribution is 2.24. The van der Waals surface area contributed by atoms with Crippen LogP contribution in [0.2, 0.25) is 0 Å². The average Bonchev–Trinajstić information content (AvgIpc) is 1.85. The minimum absolute atomic E-state index is 0.124. The lowest BCUT2D eigenvalue weighted by molar-refractivity contribution is 0.129. The van der Waals surface area contributed by atoms with Crippen LogP contribution in [0.4, 0.5) is 4.79 Å². The summed E-state index contributed by atoms with van der Waals surface area (Å²) >= 11 is 4.00. The van der Waals surface area contributed by atoms with Crippen LogP contribution >= 0.6 is 45.2 Å². The van der Waals surface area contributed by atoms with Crippen molar-refractivity contribution in [3.63, 3.8) is 0 Å². The SMILES string of the molecule is O=C1OC(I)C(I)O1. The summed E-state index contributed by atoms with van der Waals surface area (Å²) in [7, 11) is 0. The largest absolute Gasteiger partial charge is 0.510 e. The third kappa shape index (κ3) is 1.36. The molecule has 46 valence electrons. The van der Waals surface area contributed by atoms with Gasteiger partial charge in [-0.05, 0) is 45.2 Å². The van der Waals surface area contributed by atoms with E-state index in [0.717, 1.165) is 0 Å². The van der Waals surface area contributed by atoms with E-state index in [9.17, 15) is 4.79 Å². The minimum atomic E-state index is -0.566. The molecule has 1 rings (SSSR count). The van der Waals surface area contributed by atoms with Gasteiger partial charge in [0.2, 0.25) is 8.22 Å². The maximum absolute atomic E-state index is 10.2. The van der Waals surface area contributed by atoms with Crippen LogP contribution in [0.25, 0.3) is 0 Å². The molecular formula is C3H2I2O3. The zero-order valence-corrected chi connectivity index (χ0v) is 7.95. The summed E-state index contributed by atoms with van der Waals surface area (Å²) in [6.07, 6.45) is -0.566. The molecule has 0 saturated carbocycles. The average molecular weight is 340 g/mol. The van der Waals surface area contributed by atoms with E-state index >= 15 is 0 Å². The molecule has 0 aromatic heterocycles. The van der Waals surface area contributed by atoms with E-state index in [4.69, 9.17) is 0 Å². The number of hydrogen-bond acceptors (Lipinski definition) is 3. The number of carbonyl (C=O) groups is 1. The molecular weight excluding hydrogens is 338 g/mol. The minimum Gasteiger partial charge on any atom is -0.415 e. The van der Waals surface area contributed by atoms with Gasteiger partial charge in [0.25, 0.3) is 0 Å². The van der Waals surface area contributed by atoms with Gasteiger partial charge in [0.1, 0.15) is 0 Å². The van der Waals surface area contributed by atoms with Crippen molar-refractivity contribution in [1.82, 2.24) is 0 Å². The summed E-state index contributed by atoms with van der Waals surface area (Å²) in [6.45, 7) is 0. The van der Waals surface area contributed by atoms with Crippen molar-refractivity contribution in [1.29, 1.82) is 0 Å². The molecule has 1 saturated heterocycles. The molecule has 2 atom stereocenters. The van der Waals surface area contributed by atoms with Crippen LogP contribution in [0.5, 0.6) is 0 Å². The molecule has 0 aliphatic carbocycles. The summed E-state index contributed by atoms with van der Waals surface area (Å²) in [6, 6.07) is 0. The summed E-state index contributed by atoms with van der Waals surface area (Å²) in [5.74, 6) is 0. The Hall–Kier alpha value is 0.730. The lowest BCUT2D eigenvalue weighted by Gasteiger charge is -1.96. The maximum atomic E-state index is 10.2. The van der Waals surface area contributed by atoms with Crippen molar-refractivity contribution < 1.29 is 14.3 Å². The normalized spacial score (nSPS) is 36.5. The fourth-order valence-corrected chi connectivity index (χ4v) is 1.03. The molecule has 5 heteroatoms. The fourth-order valence-electron chi connectivity index (χ4n) is 0.319. The van der Waals surface area contributed by atoms with Crippen LogP contribution in [-0.2, 0) is 9.47 Å². The van der Waals surface area contributed by atoms with Gasteiger partial charge in [0.15, 0.2) is 0 Å². The van der Waals surface area contributed by atoms with E-state index in [-0.39, 0.29) is 8.22 Å². The fraction of sp³-hybridized carbons (Fsp3) is 0.667. The highest BCUT2D eigenvalue weighted by molar-refractivity contribution is 14.1. The van der Waals surface area contributed by atoms with Crippen LogP contribution in [0.3, 0.4) is 0 Å². The predicted octanol–water partition coefficient (Wildman–Crippen LogP) is 1.68. The first-order chi connectivity index (χ1) is 3.70. The topological polar surface area (TPSA) is 35.5 Å². The Morgan fingerprint density at radius 3 is 1.75 bits per heavy atom. The molecule has 1 fully saturated rings. The van der Waals surface area contributed by atoms with Gasteiger partial charge in [-0.2, -0.15) is 0 Å². The molecule has 0 aromatic rings. The maximum Gasteiger partial charge on any atom is 0.510 e. The molecule has 0 amide bonds. The van der Waals surface area contributed by atoms with E-state index in [2.05, 4.69) is 9.47 Å². The monoisotopic (exact) mass is 340 g/mol. The van der Waals surface area contributed by atoms with Gasteiger partial charge in [-0.15, -0.1) is 0 Å². The van der Waals surface area contributed by atoms with E-state index < -0.39 is 6.16 Å². The van der Waals surface area contributed by atoms with Crippen LogP contribution < -0.4 is 0 Å². The van der Waals surface area contributed by atoms with Gasteiger partial charge in [0.05, 0.1) is 0 Å². The first-order valence-corrected chi connectivity index (χ1v) is 4.34. The van der Waals surface area contributed by atoms with Crippen molar-refractivity contribution >= 4 is 51.3 Å². The number of alkyl halides is 2. The number of halogens is 2. The second-order valence-corrected chi connectivity index (χ2v) is 3.64. The van der Waals surface area contributed by atoms with Gasteiger partial charge in [-0.1, -0.05) is 0 Å². The van der Waals surface area contributed by atoms with Gasteiger partial charge in [-0.25, -0.2) is 4.79 Å². The smallest absolute Gasteiger partial charge is 0.415 e. The number of rotatable bonds is 0. The number of ether oxygens (including phenoxy) is 2. The third-order valence-corrected chi connectivity index (χ3v) is 3.81. The first kappa shape index (κ1) is 6.84. The standard InChI is InChI=1S/C3H2I2O3/c4-1-2(5)8-3(6)7-1/h1-2H. The molecule has 8 heavy (non-hydrogen) atoms. The molecule has 0 radical (unpaired) electrons. The Balaban J connectivity index is 2.51. The summed E-state index contributed by atoms with van der Waals surface area (Å²) < 4.78 is 8.93. The van der Waals surface area contributed by atoms with Gasteiger partial charge in [0, 0.05) is 0 Å². The lowest BCUT2D eigenvalue weighted by atomic mass is 10.8. The molecule has 0 bridgehead atoms. The van der Waals surface area contributed by atoms with E-state index in [1.165, 1.54) is 0 Å². The zero-order valence-electron chi connectivity index (χ0n) is 3.64. The van der Waals surface area contributed by atoms with Crippen molar-refractivity contribution in [2.45, 2.75) is 8.22 Å². The Morgan fingerprint density at radius 2 is 1.62 bits per heavy atom. The quantitative estimate of drug-likeness (QED) is 0.383. The third-order valence-electron chi connectivity index (χ3n) is 0.624. The second kappa shape index (κ2) is 2.54. The van der Waals surface area contributed by atoms with E-state index in [0.29, 0.717) is 0 Å². The molecule has 0 spiro atoms. The van der Waals surface area contributed by atoms with Crippen LogP contribution in [0, 0.1) is 0 Å². The Kier molecular flexibility index (Phi) is 2.18. The van der Waals surface area contributed by atoms with Crippen LogP contribution in [0.1, 0.15) is 0 Å². The van der Waals surface area contributed by atoms with Gasteiger partial charge >= 0.3 is 6.16 Å². The molecule has 1 heterocycles. The van der Waals surface area contributed by atoms with E-state index in [1.807, 2.05) is 45.2 Å². The van der Waals surface area contributed by atoms with Crippen molar-refractivity contribution in [3.8, 4) is 0 Å². The highest BCUT2D eigenvalue weighted by atomic mass is 127. The van der Waals surface area contributed by atoms with Crippen molar-refractivity contribution in [2.24, 2.45) is 0 Å². The van der Waals surface area contributed by atoms with E-state index in [1.54, 1.807) is 0 Å². The zero-order chi connectivity index (χ0) is 6.15. The second-order valence-electron chi connectivity index (χ2n) is 1.19. The number of hydrogen-bond donors (Lipinski definition) is 0. The van der Waals surface area contributed by atoms with Crippen molar-refractivity contribution in [2.75, 3.05) is 0 Å².